The Hall–Kier alpha value is -2.62. The van der Waals surface area contributed by atoms with Gasteiger partial charge in [0.1, 0.15) is 0 Å². The molecule has 0 heterocycles. The summed E-state index contributed by atoms with van der Waals surface area (Å²) >= 11 is 0. The Bertz CT molecular complexity index is 691. The van der Waals surface area contributed by atoms with E-state index in [2.05, 4.69) is 17.6 Å². The van der Waals surface area contributed by atoms with Crippen molar-refractivity contribution in [3.05, 3.63) is 59.7 Å². The molecular weight excluding hydrogens is 312 g/mol. The molecule has 2 amide bonds. The van der Waals surface area contributed by atoms with E-state index in [9.17, 15) is 9.59 Å². The number of hydrogen-bond acceptors (Lipinski definition) is 2. The van der Waals surface area contributed by atoms with Gasteiger partial charge in [0, 0.05) is 24.2 Å². The minimum absolute atomic E-state index is 0.0109. The summed E-state index contributed by atoms with van der Waals surface area (Å²) in [7, 11) is 0. The number of anilines is 2. The number of nitrogens with one attached hydrogen (secondary N) is 2. The molecular formula is C21H26N2O2. The second-order valence-electron chi connectivity index (χ2n) is 6.22. The molecule has 4 heteroatoms. The van der Waals surface area contributed by atoms with Crippen molar-refractivity contribution in [2.24, 2.45) is 0 Å². The van der Waals surface area contributed by atoms with E-state index in [-0.39, 0.29) is 11.8 Å². The van der Waals surface area contributed by atoms with Crippen molar-refractivity contribution >= 4 is 23.2 Å². The third-order valence-electron chi connectivity index (χ3n) is 4.04. The maximum absolute atomic E-state index is 11.9. The van der Waals surface area contributed by atoms with Gasteiger partial charge in [0.15, 0.2) is 0 Å². The van der Waals surface area contributed by atoms with Crippen LogP contribution in [0.15, 0.2) is 48.5 Å². The highest BCUT2D eigenvalue weighted by atomic mass is 16.2. The van der Waals surface area contributed by atoms with Crippen molar-refractivity contribution in [3.8, 4) is 0 Å². The monoisotopic (exact) mass is 338 g/mol. The second kappa shape index (κ2) is 9.62. The van der Waals surface area contributed by atoms with Crippen molar-refractivity contribution in [2.75, 3.05) is 10.6 Å². The fraction of sp³-hybridized carbons (Fsp3) is 0.333. The molecule has 0 aliphatic carbocycles. The standard InChI is InChI=1S/C21H26N2O2/c1-3-17-10-14-19(15-11-17)23-21(25)7-5-4-6-20(24)22-18-12-8-16(2)9-13-18/h8-15H,3-7H2,1-2H3,(H,22,24)(H,23,25). The molecule has 2 aromatic rings. The zero-order valence-corrected chi connectivity index (χ0v) is 15.0. The molecule has 4 nitrogen and oxygen atoms in total. The Morgan fingerprint density at radius 1 is 0.760 bits per heavy atom. The molecule has 132 valence electrons. The van der Waals surface area contributed by atoms with Crippen LogP contribution in [0.4, 0.5) is 11.4 Å². The first-order valence-corrected chi connectivity index (χ1v) is 8.82. The van der Waals surface area contributed by atoms with E-state index in [1.54, 1.807) is 0 Å². The highest BCUT2D eigenvalue weighted by Gasteiger charge is 2.05. The molecule has 25 heavy (non-hydrogen) atoms. The summed E-state index contributed by atoms with van der Waals surface area (Å²) in [6.07, 6.45) is 3.22. The Morgan fingerprint density at radius 3 is 1.64 bits per heavy atom. The molecule has 2 aromatic carbocycles. The minimum atomic E-state index is -0.0144. The summed E-state index contributed by atoms with van der Waals surface area (Å²) in [5, 5.41) is 5.76. The number of hydrogen-bond donors (Lipinski definition) is 2. The van der Waals surface area contributed by atoms with Crippen LogP contribution in [0.25, 0.3) is 0 Å². The molecule has 2 rings (SSSR count). The zero-order chi connectivity index (χ0) is 18.1. The number of aryl methyl sites for hydroxylation is 2. The highest BCUT2D eigenvalue weighted by Crippen LogP contribution is 2.12. The van der Waals surface area contributed by atoms with Crippen LogP contribution < -0.4 is 10.6 Å². The van der Waals surface area contributed by atoms with Gasteiger partial charge >= 0.3 is 0 Å². The van der Waals surface area contributed by atoms with Crippen molar-refractivity contribution in [1.82, 2.24) is 0 Å². The van der Waals surface area contributed by atoms with E-state index in [1.807, 2.05) is 55.5 Å². The van der Waals surface area contributed by atoms with E-state index < -0.39 is 0 Å². The number of carbonyl (C=O) groups is 2. The summed E-state index contributed by atoms with van der Waals surface area (Å²) < 4.78 is 0. The van der Waals surface area contributed by atoms with Crippen LogP contribution in [0.3, 0.4) is 0 Å². The van der Waals surface area contributed by atoms with Gasteiger partial charge in [-0.05, 0) is 56.0 Å². The third-order valence-corrected chi connectivity index (χ3v) is 4.04. The summed E-state index contributed by atoms with van der Waals surface area (Å²) in [6.45, 7) is 4.11. The van der Waals surface area contributed by atoms with Crippen LogP contribution in [-0.4, -0.2) is 11.8 Å². The molecule has 0 bridgehead atoms. The third kappa shape index (κ3) is 6.79. The molecule has 0 unspecified atom stereocenters. The Kier molecular flexibility index (Phi) is 7.20. The van der Waals surface area contributed by atoms with Crippen molar-refractivity contribution in [1.29, 1.82) is 0 Å². The normalized spacial score (nSPS) is 10.3. The molecule has 0 radical (unpaired) electrons. The topological polar surface area (TPSA) is 58.2 Å². The molecule has 0 aromatic heterocycles. The van der Waals surface area contributed by atoms with E-state index in [1.165, 1.54) is 5.56 Å². The summed E-state index contributed by atoms with van der Waals surface area (Å²) in [6, 6.07) is 15.6. The van der Waals surface area contributed by atoms with Crippen LogP contribution in [0.1, 0.15) is 43.7 Å². The van der Waals surface area contributed by atoms with Gasteiger partial charge in [-0.15, -0.1) is 0 Å². The number of unbranched alkanes of at least 4 members (excludes halogenated alkanes) is 1. The first-order valence-electron chi connectivity index (χ1n) is 8.82. The van der Waals surface area contributed by atoms with Gasteiger partial charge < -0.3 is 10.6 Å². The second-order valence-corrected chi connectivity index (χ2v) is 6.22. The SMILES string of the molecule is CCc1ccc(NC(=O)CCCCC(=O)Nc2ccc(C)cc2)cc1. The van der Waals surface area contributed by atoms with Crippen LogP contribution in [0, 0.1) is 6.92 Å². The number of rotatable bonds is 8. The van der Waals surface area contributed by atoms with Gasteiger partial charge in [-0.3, -0.25) is 9.59 Å². The van der Waals surface area contributed by atoms with Gasteiger partial charge in [-0.1, -0.05) is 36.8 Å². The van der Waals surface area contributed by atoms with E-state index in [0.29, 0.717) is 25.7 Å². The maximum Gasteiger partial charge on any atom is 0.224 e. The summed E-state index contributed by atoms with van der Waals surface area (Å²) in [5.74, 6) is -0.0254. The van der Waals surface area contributed by atoms with Gasteiger partial charge in [0.2, 0.25) is 11.8 Å². The fourth-order valence-corrected chi connectivity index (χ4v) is 2.48. The first-order chi connectivity index (χ1) is 12.1. The molecule has 0 aliphatic heterocycles. The molecule has 0 saturated heterocycles. The van der Waals surface area contributed by atoms with Crippen LogP contribution >= 0.6 is 0 Å². The summed E-state index contributed by atoms with van der Waals surface area (Å²) in [4.78, 5) is 23.8. The number of carbonyl (C=O) groups excluding carboxylic acids is 2. The van der Waals surface area contributed by atoms with Crippen LogP contribution in [0.5, 0.6) is 0 Å². The molecule has 0 saturated carbocycles. The lowest BCUT2D eigenvalue weighted by atomic mass is 10.1. The largest absolute Gasteiger partial charge is 0.326 e. The minimum Gasteiger partial charge on any atom is -0.326 e. The van der Waals surface area contributed by atoms with Crippen molar-refractivity contribution in [3.63, 3.8) is 0 Å². The Labute approximate surface area is 149 Å². The first kappa shape index (κ1) is 18.7. The lowest BCUT2D eigenvalue weighted by Gasteiger charge is -2.07. The number of benzene rings is 2. The average Bonchev–Trinajstić information content (AvgIpc) is 2.61. The zero-order valence-electron chi connectivity index (χ0n) is 15.0. The molecule has 0 spiro atoms. The highest BCUT2D eigenvalue weighted by molar-refractivity contribution is 5.91. The predicted octanol–water partition coefficient (Wildman–Crippen LogP) is 4.70. The maximum atomic E-state index is 11.9. The van der Waals surface area contributed by atoms with E-state index in [0.717, 1.165) is 23.4 Å². The smallest absolute Gasteiger partial charge is 0.224 e. The summed E-state index contributed by atoms with van der Waals surface area (Å²) in [5.41, 5.74) is 4.04. The van der Waals surface area contributed by atoms with E-state index in [4.69, 9.17) is 0 Å². The Balaban J connectivity index is 1.63. The van der Waals surface area contributed by atoms with Crippen molar-refractivity contribution in [2.45, 2.75) is 46.0 Å². The molecule has 0 atom stereocenters. The molecule has 2 N–H and O–H groups in total. The lowest BCUT2D eigenvalue weighted by molar-refractivity contribution is -0.118. The van der Waals surface area contributed by atoms with Gasteiger partial charge in [-0.25, -0.2) is 0 Å². The predicted molar refractivity (Wildman–Crippen MR) is 103 cm³/mol. The number of amides is 2. The van der Waals surface area contributed by atoms with Gasteiger partial charge in [0.05, 0.1) is 0 Å². The van der Waals surface area contributed by atoms with Gasteiger partial charge in [0.25, 0.3) is 0 Å². The van der Waals surface area contributed by atoms with Crippen LogP contribution in [-0.2, 0) is 16.0 Å². The fourth-order valence-electron chi connectivity index (χ4n) is 2.48. The van der Waals surface area contributed by atoms with Crippen molar-refractivity contribution < 1.29 is 9.59 Å². The Morgan fingerprint density at radius 2 is 1.20 bits per heavy atom. The van der Waals surface area contributed by atoms with Gasteiger partial charge in [-0.2, -0.15) is 0 Å². The van der Waals surface area contributed by atoms with Crippen LogP contribution in [0.2, 0.25) is 0 Å². The van der Waals surface area contributed by atoms with E-state index >= 15 is 0 Å². The quantitative estimate of drug-likeness (QED) is 0.686. The molecule has 0 fully saturated rings. The molecule has 0 aliphatic rings. The lowest BCUT2D eigenvalue weighted by Crippen LogP contribution is -2.13. The average molecular weight is 338 g/mol.